The summed E-state index contributed by atoms with van der Waals surface area (Å²) in [6.45, 7) is 5.55. The average Bonchev–Trinajstić information content (AvgIpc) is 2.88. The van der Waals surface area contributed by atoms with Gasteiger partial charge in [-0.2, -0.15) is 0 Å². The number of rotatable bonds is 30. The van der Waals surface area contributed by atoms with E-state index in [-0.39, 0.29) is 6.42 Å². The minimum atomic E-state index is -0.972. The number of carboxylic acids is 1. The van der Waals surface area contributed by atoms with Crippen molar-refractivity contribution in [1.82, 2.24) is 5.32 Å². The number of carbonyl (C=O) groups is 2. The zero-order chi connectivity index (χ0) is 27.2. The first-order valence-electron chi connectivity index (χ1n) is 16.2. The maximum Gasteiger partial charge on any atom is 0.321 e. The molecule has 37 heavy (non-hydrogen) atoms. The van der Waals surface area contributed by atoms with Gasteiger partial charge in [-0.25, -0.2) is 0 Å². The van der Waals surface area contributed by atoms with Crippen LogP contribution in [0.25, 0.3) is 0 Å². The van der Waals surface area contributed by atoms with Gasteiger partial charge in [0, 0.05) is 0 Å². The molecule has 0 aromatic carbocycles. The first kappa shape index (κ1) is 35.9. The van der Waals surface area contributed by atoms with Gasteiger partial charge in [0.15, 0.2) is 0 Å². The van der Waals surface area contributed by atoms with Crippen molar-refractivity contribution < 1.29 is 19.4 Å². The van der Waals surface area contributed by atoms with E-state index in [1.165, 1.54) is 128 Å². The van der Waals surface area contributed by atoms with E-state index in [1.54, 1.807) is 0 Å². The van der Waals surface area contributed by atoms with Crippen molar-refractivity contribution in [2.24, 2.45) is 0 Å². The van der Waals surface area contributed by atoms with Gasteiger partial charge in [-0.3, -0.25) is 9.59 Å². The Kier molecular flexibility index (Phi) is 28.6. The van der Waals surface area contributed by atoms with Crippen LogP contribution in [0.2, 0.25) is 0 Å². The molecule has 0 aromatic rings. The Morgan fingerprint density at radius 2 is 0.919 bits per heavy atom. The summed E-state index contributed by atoms with van der Waals surface area (Å²) in [4.78, 5) is 23.6. The van der Waals surface area contributed by atoms with Gasteiger partial charge in [-0.05, 0) is 19.4 Å². The van der Waals surface area contributed by atoms with Gasteiger partial charge in [-0.15, -0.1) is 0 Å². The van der Waals surface area contributed by atoms with Crippen molar-refractivity contribution in [3.05, 3.63) is 0 Å². The molecule has 5 heteroatoms. The Hall–Kier alpha value is -1.10. The number of unbranched alkanes of at least 4 members (excludes halogenated alkanes) is 22. The quantitative estimate of drug-likeness (QED) is 0.0721. The molecule has 0 aliphatic heterocycles. The van der Waals surface area contributed by atoms with Gasteiger partial charge in [0.2, 0.25) is 0 Å². The molecule has 0 bridgehead atoms. The van der Waals surface area contributed by atoms with Crippen molar-refractivity contribution in [1.29, 1.82) is 0 Å². The molecule has 0 aliphatic rings. The van der Waals surface area contributed by atoms with Crippen LogP contribution < -0.4 is 5.32 Å². The van der Waals surface area contributed by atoms with E-state index in [0.717, 1.165) is 25.7 Å². The molecule has 0 fully saturated rings. The highest BCUT2D eigenvalue weighted by Gasteiger charge is 2.21. The van der Waals surface area contributed by atoms with Crippen LogP contribution >= 0.6 is 0 Å². The summed E-state index contributed by atoms with van der Waals surface area (Å²) in [5.74, 6) is -1.38. The molecule has 2 N–H and O–H groups in total. The van der Waals surface area contributed by atoms with Gasteiger partial charge < -0.3 is 15.2 Å². The van der Waals surface area contributed by atoms with Crippen LogP contribution in [-0.2, 0) is 14.3 Å². The molecule has 0 spiro atoms. The van der Waals surface area contributed by atoms with Gasteiger partial charge in [0.05, 0.1) is 13.0 Å². The molecule has 1 atom stereocenters. The monoisotopic (exact) mass is 525 g/mol. The maximum absolute atomic E-state index is 12.1. The third kappa shape index (κ3) is 27.7. The molecular weight excluding hydrogens is 462 g/mol. The molecule has 0 heterocycles. The topological polar surface area (TPSA) is 75.6 Å². The van der Waals surface area contributed by atoms with Crippen LogP contribution in [0.4, 0.5) is 0 Å². The molecule has 1 unspecified atom stereocenters. The lowest BCUT2D eigenvalue weighted by Gasteiger charge is -2.14. The second kappa shape index (κ2) is 29.5. The van der Waals surface area contributed by atoms with Gasteiger partial charge >= 0.3 is 11.9 Å². The number of carbonyl (C=O) groups excluding carboxylic acids is 1. The van der Waals surface area contributed by atoms with Crippen LogP contribution in [0.5, 0.6) is 0 Å². The van der Waals surface area contributed by atoms with Crippen LogP contribution in [0.1, 0.15) is 174 Å². The van der Waals surface area contributed by atoms with Gasteiger partial charge in [0.25, 0.3) is 0 Å². The van der Waals surface area contributed by atoms with Crippen LogP contribution in [0.15, 0.2) is 0 Å². The number of esters is 1. The predicted molar refractivity (Wildman–Crippen MR) is 157 cm³/mol. The van der Waals surface area contributed by atoms with Crippen molar-refractivity contribution in [2.45, 2.75) is 180 Å². The zero-order valence-corrected chi connectivity index (χ0v) is 24.8. The normalized spacial score (nSPS) is 12.1. The Labute approximate surface area is 230 Å². The SMILES string of the molecule is CCCCCCCCCCCCCCCCOC(=O)CC(NCCCCCCCCCCCC)C(=O)O. The molecule has 0 radical (unpaired) electrons. The summed E-state index contributed by atoms with van der Waals surface area (Å²) in [6.07, 6.45) is 30.5. The molecule has 0 aliphatic carbocycles. The fourth-order valence-electron chi connectivity index (χ4n) is 4.84. The first-order valence-corrected chi connectivity index (χ1v) is 16.2. The third-order valence-corrected chi connectivity index (χ3v) is 7.35. The standard InChI is InChI=1S/C32H63NO4/c1-3-5-7-9-11-13-15-16-17-18-20-22-24-26-28-37-31(34)29-30(32(35)36)33-27-25-23-21-19-14-12-10-8-6-4-2/h30,33H,3-29H2,1-2H3,(H,35,36). The number of aliphatic carboxylic acids is 1. The van der Waals surface area contributed by atoms with E-state index in [9.17, 15) is 14.7 Å². The Bertz CT molecular complexity index is 497. The van der Waals surface area contributed by atoms with E-state index >= 15 is 0 Å². The lowest BCUT2D eigenvalue weighted by atomic mass is 10.0. The predicted octanol–water partition coefficient (Wildman–Crippen LogP) is 9.36. The van der Waals surface area contributed by atoms with E-state index in [1.807, 2.05) is 0 Å². The molecule has 5 nitrogen and oxygen atoms in total. The number of ether oxygens (including phenoxy) is 1. The second-order valence-electron chi connectivity index (χ2n) is 11.0. The van der Waals surface area contributed by atoms with Crippen molar-refractivity contribution in [2.75, 3.05) is 13.2 Å². The lowest BCUT2D eigenvalue weighted by molar-refractivity contribution is -0.149. The van der Waals surface area contributed by atoms with E-state index < -0.39 is 18.0 Å². The number of hydrogen-bond acceptors (Lipinski definition) is 4. The van der Waals surface area contributed by atoms with Crippen molar-refractivity contribution >= 4 is 11.9 Å². The van der Waals surface area contributed by atoms with Gasteiger partial charge in [-0.1, -0.05) is 155 Å². The largest absolute Gasteiger partial charge is 0.480 e. The molecule has 0 saturated heterocycles. The van der Waals surface area contributed by atoms with Gasteiger partial charge in [0.1, 0.15) is 6.04 Å². The highest BCUT2D eigenvalue weighted by atomic mass is 16.5. The Balaban J connectivity index is 3.53. The molecular formula is C32H63NO4. The summed E-state index contributed by atoms with van der Waals surface area (Å²) < 4.78 is 5.29. The minimum absolute atomic E-state index is 0.0916. The Morgan fingerprint density at radius 1 is 0.568 bits per heavy atom. The summed E-state index contributed by atoms with van der Waals surface area (Å²) in [6, 6.07) is -0.845. The average molecular weight is 526 g/mol. The smallest absolute Gasteiger partial charge is 0.321 e. The molecule has 0 rings (SSSR count). The Morgan fingerprint density at radius 3 is 1.30 bits per heavy atom. The minimum Gasteiger partial charge on any atom is -0.480 e. The van der Waals surface area contributed by atoms with Crippen molar-refractivity contribution in [3.63, 3.8) is 0 Å². The molecule has 0 amide bonds. The molecule has 0 saturated carbocycles. The van der Waals surface area contributed by atoms with E-state index in [4.69, 9.17) is 4.74 Å². The number of hydrogen-bond donors (Lipinski definition) is 2. The number of carboxylic acid groups (broad SMARTS) is 1. The van der Waals surface area contributed by atoms with Crippen LogP contribution in [0.3, 0.4) is 0 Å². The summed E-state index contributed by atoms with van der Waals surface area (Å²) in [5.41, 5.74) is 0. The summed E-state index contributed by atoms with van der Waals surface area (Å²) >= 11 is 0. The lowest BCUT2D eigenvalue weighted by Crippen LogP contribution is -2.39. The third-order valence-electron chi connectivity index (χ3n) is 7.35. The first-order chi connectivity index (χ1) is 18.1. The van der Waals surface area contributed by atoms with E-state index in [0.29, 0.717) is 13.2 Å². The molecule has 0 aromatic heterocycles. The van der Waals surface area contributed by atoms with Crippen LogP contribution in [0, 0.1) is 0 Å². The fraction of sp³-hybridized carbons (Fsp3) is 0.938. The summed E-state index contributed by atoms with van der Waals surface area (Å²) in [7, 11) is 0. The second-order valence-corrected chi connectivity index (χ2v) is 11.0. The van der Waals surface area contributed by atoms with Crippen LogP contribution in [-0.4, -0.2) is 36.2 Å². The molecule has 220 valence electrons. The fourth-order valence-corrected chi connectivity index (χ4v) is 4.84. The van der Waals surface area contributed by atoms with Crippen molar-refractivity contribution in [3.8, 4) is 0 Å². The van der Waals surface area contributed by atoms with E-state index in [2.05, 4.69) is 19.2 Å². The highest BCUT2D eigenvalue weighted by molar-refractivity contribution is 5.81. The highest BCUT2D eigenvalue weighted by Crippen LogP contribution is 2.13. The zero-order valence-electron chi connectivity index (χ0n) is 24.8. The maximum atomic E-state index is 12.1. The summed E-state index contributed by atoms with van der Waals surface area (Å²) in [5, 5.41) is 12.4. The number of nitrogens with one attached hydrogen (secondary N) is 1.